The number of ether oxygens (including phenoxy) is 2. The van der Waals surface area contributed by atoms with Gasteiger partial charge in [0.15, 0.2) is 17.5 Å². The van der Waals surface area contributed by atoms with E-state index in [2.05, 4.69) is 9.72 Å². The number of aromatic amines is 1. The van der Waals surface area contributed by atoms with E-state index >= 15 is 0 Å². The van der Waals surface area contributed by atoms with Crippen molar-refractivity contribution in [1.82, 2.24) is 4.98 Å². The molecule has 2 aromatic carbocycles. The number of aromatic nitrogens is 1. The molecule has 2 N–H and O–H groups in total. The molecule has 1 aromatic heterocycles. The monoisotopic (exact) mass is 420 g/mol. The average molecular weight is 420 g/mol. The van der Waals surface area contributed by atoms with Gasteiger partial charge in [-0.05, 0) is 12.1 Å². The average Bonchev–Trinajstić information content (AvgIpc) is 2.75. The normalized spacial score (nSPS) is 14.2. The number of morpholine rings is 1. The minimum absolute atomic E-state index is 0.165. The predicted molar refractivity (Wildman–Crippen MR) is 102 cm³/mol. The second kappa shape index (κ2) is 7.71. The molecular weight excluding hydrogens is 405 g/mol. The van der Waals surface area contributed by atoms with E-state index in [1.807, 2.05) is 4.90 Å². The molecule has 0 bridgehead atoms. The lowest BCUT2D eigenvalue weighted by atomic mass is 10.0. The van der Waals surface area contributed by atoms with Crippen molar-refractivity contribution in [1.29, 1.82) is 0 Å². The zero-order chi connectivity index (χ0) is 21.4. The molecule has 2 heterocycles. The van der Waals surface area contributed by atoms with Gasteiger partial charge in [0.25, 0.3) is 0 Å². The molecule has 1 saturated heterocycles. The molecular formula is C20H15F3N2O5. The van der Waals surface area contributed by atoms with Gasteiger partial charge in [0.05, 0.1) is 29.8 Å². The molecule has 7 nitrogen and oxygen atoms in total. The quantitative estimate of drug-likeness (QED) is 0.498. The van der Waals surface area contributed by atoms with Crippen LogP contribution in [0.2, 0.25) is 0 Å². The van der Waals surface area contributed by atoms with Gasteiger partial charge in [-0.2, -0.15) is 0 Å². The Morgan fingerprint density at radius 2 is 1.83 bits per heavy atom. The number of nitrogens with zero attached hydrogens (tertiary/aromatic N) is 1. The molecule has 0 aliphatic carbocycles. The van der Waals surface area contributed by atoms with Crippen LogP contribution in [-0.2, 0) is 4.74 Å². The lowest BCUT2D eigenvalue weighted by molar-refractivity contribution is 0.123. The molecule has 1 aliphatic heterocycles. The molecule has 10 heteroatoms. The van der Waals surface area contributed by atoms with E-state index in [1.54, 1.807) is 24.3 Å². The Bertz CT molecular complexity index is 1210. The van der Waals surface area contributed by atoms with Crippen LogP contribution in [0.4, 0.5) is 23.7 Å². The number of H-pyrrole nitrogens is 1. The number of nitrogens with one attached hydrogen (secondary N) is 1. The lowest BCUT2D eigenvalue weighted by Gasteiger charge is -2.30. The van der Waals surface area contributed by atoms with Gasteiger partial charge in [0.1, 0.15) is 0 Å². The summed E-state index contributed by atoms with van der Waals surface area (Å²) in [5.41, 5.74) is -0.908. The van der Waals surface area contributed by atoms with E-state index in [9.17, 15) is 22.8 Å². The summed E-state index contributed by atoms with van der Waals surface area (Å²) in [5.74, 6) is -5.58. The zero-order valence-corrected chi connectivity index (χ0v) is 15.4. The fraction of sp³-hybridized carbons (Fsp3) is 0.200. The Morgan fingerprint density at radius 1 is 1.13 bits per heavy atom. The fourth-order valence-electron chi connectivity index (χ4n) is 3.45. The van der Waals surface area contributed by atoms with Crippen molar-refractivity contribution in [3.63, 3.8) is 0 Å². The van der Waals surface area contributed by atoms with Gasteiger partial charge in [0, 0.05) is 24.3 Å². The molecule has 4 rings (SSSR count). The van der Waals surface area contributed by atoms with Crippen molar-refractivity contribution in [2.75, 3.05) is 31.2 Å². The van der Waals surface area contributed by atoms with Gasteiger partial charge in [-0.15, -0.1) is 0 Å². The van der Waals surface area contributed by atoms with E-state index in [4.69, 9.17) is 9.84 Å². The Labute approximate surface area is 167 Å². The summed E-state index contributed by atoms with van der Waals surface area (Å²) < 4.78 is 51.9. The SMILES string of the molecule is O=C(O)Oc1c(-c2ccccc2N2CCOCC2)[nH]c2c(F)c(F)c(F)cc2c1=O. The van der Waals surface area contributed by atoms with Crippen molar-refractivity contribution in [3.8, 4) is 17.0 Å². The molecule has 0 atom stereocenters. The van der Waals surface area contributed by atoms with Crippen molar-refractivity contribution in [2.24, 2.45) is 0 Å². The number of rotatable bonds is 3. The van der Waals surface area contributed by atoms with Crippen molar-refractivity contribution in [2.45, 2.75) is 0 Å². The number of hydrogen-bond donors (Lipinski definition) is 2. The largest absolute Gasteiger partial charge is 0.511 e. The molecule has 0 spiro atoms. The molecule has 30 heavy (non-hydrogen) atoms. The van der Waals surface area contributed by atoms with Crippen LogP contribution in [0.3, 0.4) is 0 Å². The smallest absolute Gasteiger partial charge is 0.449 e. The summed E-state index contributed by atoms with van der Waals surface area (Å²) in [5, 5.41) is 8.52. The summed E-state index contributed by atoms with van der Waals surface area (Å²) >= 11 is 0. The lowest BCUT2D eigenvalue weighted by Crippen LogP contribution is -2.36. The second-order valence-corrected chi connectivity index (χ2v) is 6.55. The minimum atomic E-state index is -1.78. The van der Waals surface area contributed by atoms with Gasteiger partial charge in [-0.1, -0.05) is 18.2 Å². The molecule has 3 aromatic rings. The number of anilines is 1. The Morgan fingerprint density at radius 3 is 2.53 bits per heavy atom. The maximum absolute atomic E-state index is 14.4. The molecule has 0 saturated carbocycles. The summed E-state index contributed by atoms with van der Waals surface area (Å²) in [6.45, 7) is 1.97. The number of hydrogen-bond acceptors (Lipinski definition) is 5. The third-order valence-corrected chi connectivity index (χ3v) is 4.80. The van der Waals surface area contributed by atoms with Crippen molar-refractivity contribution in [3.05, 3.63) is 58.0 Å². The Balaban J connectivity index is 2.03. The first kappa shape index (κ1) is 19.8. The van der Waals surface area contributed by atoms with E-state index < -0.39 is 45.7 Å². The number of benzene rings is 2. The maximum Gasteiger partial charge on any atom is 0.511 e. The predicted octanol–water partition coefficient (Wildman–Crippen LogP) is 3.51. The van der Waals surface area contributed by atoms with Crippen LogP contribution in [0.5, 0.6) is 5.75 Å². The van der Waals surface area contributed by atoms with Gasteiger partial charge in [0.2, 0.25) is 11.2 Å². The molecule has 0 unspecified atom stereocenters. The van der Waals surface area contributed by atoms with Gasteiger partial charge in [-0.25, -0.2) is 18.0 Å². The minimum Gasteiger partial charge on any atom is -0.449 e. The van der Waals surface area contributed by atoms with Gasteiger partial charge < -0.3 is 24.5 Å². The number of halogens is 3. The van der Waals surface area contributed by atoms with Crippen LogP contribution in [0.25, 0.3) is 22.2 Å². The highest BCUT2D eigenvalue weighted by atomic mass is 19.2. The maximum atomic E-state index is 14.4. The number of carbonyl (C=O) groups is 1. The highest BCUT2D eigenvalue weighted by Gasteiger charge is 2.25. The fourth-order valence-corrected chi connectivity index (χ4v) is 3.45. The topological polar surface area (TPSA) is 91.9 Å². The first-order valence-electron chi connectivity index (χ1n) is 8.95. The van der Waals surface area contributed by atoms with Crippen molar-refractivity contribution >= 4 is 22.7 Å². The molecule has 1 aliphatic rings. The van der Waals surface area contributed by atoms with Crippen LogP contribution >= 0.6 is 0 Å². The van der Waals surface area contributed by atoms with Crippen LogP contribution < -0.4 is 15.1 Å². The summed E-state index contributed by atoms with van der Waals surface area (Å²) in [4.78, 5) is 28.6. The Hall–Kier alpha value is -3.53. The first-order chi connectivity index (χ1) is 14.4. The number of para-hydroxylation sites is 1. The Kier molecular flexibility index (Phi) is 5.08. The summed E-state index contributed by atoms with van der Waals surface area (Å²) in [6.07, 6.45) is -1.78. The van der Waals surface area contributed by atoms with Crippen LogP contribution in [-0.4, -0.2) is 42.5 Å². The van der Waals surface area contributed by atoms with E-state index in [-0.39, 0.29) is 5.69 Å². The van der Waals surface area contributed by atoms with Gasteiger partial charge >= 0.3 is 6.16 Å². The molecule has 0 radical (unpaired) electrons. The second-order valence-electron chi connectivity index (χ2n) is 6.55. The number of carboxylic acid groups (broad SMARTS) is 1. The summed E-state index contributed by atoms with van der Waals surface area (Å²) in [6, 6.07) is 7.18. The molecule has 1 fully saturated rings. The summed E-state index contributed by atoms with van der Waals surface area (Å²) in [7, 11) is 0. The van der Waals surface area contributed by atoms with Crippen molar-refractivity contribution < 1.29 is 32.5 Å². The van der Waals surface area contributed by atoms with Gasteiger partial charge in [-0.3, -0.25) is 4.79 Å². The number of fused-ring (bicyclic) bond motifs is 1. The molecule has 0 amide bonds. The van der Waals surface area contributed by atoms with E-state index in [0.717, 1.165) is 0 Å². The highest BCUT2D eigenvalue weighted by Crippen LogP contribution is 2.36. The van der Waals surface area contributed by atoms with Crippen LogP contribution in [0.1, 0.15) is 0 Å². The van der Waals surface area contributed by atoms with Crippen LogP contribution in [0, 0.1) is 17.5 Å². The third-order valence-electron chi connectivity index (χ3n) is 4.80. The standard InChI is InChI=1S/C20H15F3N2O5/c21-12-9-11-16(15(23)14(12)22)24-17(19(18(11)26)30-20(27)28)10-3-1-2-4-13(10)25-5-7-29-8-6-25/h1-4,9H,5-8H2,(H,24,26)(H,27,28). The first-order valence-corrected chi connectivity index (χ1v) is 8.95. The number of pyridine rings is 1. The van der Waals surface area contributed by atoms with E-state index in [1.165, 1.54) is 0 Å². The molecule has 156 valence electrons. The third kappa shape index (κ3) is 3.35. The zero-order valence-electron chi connectivity index (χ0n) is 15.4. The van der Waals surface area contributed by atoms with Crippen LogP contribution in [0.15, 0.2) is 35.1 Å². The van der Waals surface area contributed by atoms with E-state index in [0.29, 0.717) is 43.6 Å². The highest BCUT2D eigenvalue weighted by molar-refractivity contribution is 5.89.